The van der Waals surface area contributed by atoms with Gasteiger partial charge in [0.05, 0.1) is 25.1 Å². The summed E-state index contributed by atoms with van der Waals surface area (Å²) >= 11 is 0. The second-order valence-corrected chi connectivity index (χ2v) is 5.13. The molecule has 0 bridgehead atoms. The van der Waals surface area contributed by atoms with E-state index < -0.39 is 10.8 Å². The van der Waals surface area contributed by atoms with Gasteiger partial charge in [0, 0.05) is 23.9 Å². The topological polar surface area (TPSA) is 90.7 Å². The Kier molecular flexibility index (Phi) is 5.36. The number of nitro benzene ring substituents is 1. The van der Waals surface area contributed by atoms with Crippen molar-refractivity contribution >= 4 is 17.3 Å². The quantitative estimate of drug-likeness (QED) is 0.648. The smallest absolute Gasteiger partial charge is 0.269 e. The van der Waals surface area contributed by atoms with Gasteiger partial charge in [0.15, 0.2) is 11.5 Å². The van der Waals surface area contributed by atoms with Crippen molar-refractivity contribution in [3.63, 3.8) is 0 Å². The number of non-ortho nitro benzene ring substituents is 1. The standard InChI is InChI=1S/C17H18N2O5/c1-11(12-4-7-14(8-5-12)19(21)22)17(20)18-13-6-9-15(23-2)16(10-13)24-3/h4-11H,1-3H3,(H,18,20)/t11-/m0/s1. The van der Waals surface area contributed by atoms with Crippen LogP contribution in [-0.4, -0.2) is 25.1 Å². The van der Waals surface area contributed by atoms with E-state index in [-0.39, 0.29) is 11.6 Å². The Balaban J connectivity index is 2.12. The van der Waals surface area contributed by atoms with Gasteiger partial charge in [0.2, 0.25) is 5.91 Å². The van der Waals surface area contributed by atoms with Crippen molar-refractivity contribution in [1.29, 1.82) is 0 Å². The molecule has 2 aromatic carbocycles. The molecule has 0 saturated carbocycles. The number of carbonyl (C=O) groups excluding carboxylic acids is 1. The Hall–Kier alpha value is -3.09. The van der Waals surface area contributed by atoms with E-state index in [9.17, 15) is 14.9 Å². The van der Waals surface area contributed by atoms with Gasteiger partial charge in [-0.3, -0.25) is 14.9 Å². The number of methoxy groups -OCH3 is 2. The van der Waals surface area contributed by atoms with Gasteiger partial charge in [0.1, 0.15) is 0 Å². The molecule has 1 N–H and O–H groups in total. The van der Waals surface area contributed by atoms with E-state index in [4.69, 9.17) is 9.47 Å². The molecule has 0 fully saturated rings. The molecule has 0 aliphatic carbocycles. The van der Waals surface area contributed by atoms with Gasteiger partial charge in [-0.2, -0.15) is 0 Å². The van der Waals surface area contributed by atoms with Gasteiger partial charge in [-0.1, -0.05) is 12.1 Å². The van der Waals surface area contributed by atoms with E-state index in [1.807, 2.05) is 0 Å². The van der Waals surface area contributed by atoms with Crippen molar-refractivity contribution in [3.05, 3.63) is 58.1 Å². The van der Waals surface area contributed by atoms with E-state index in [1.165, 1.54) is 26.4 Å². The van der Waals surface area contributed by atoms with Crippen molar-refractivity contribution < 1.29 is 19.2 Å². The first kappa shape index (κ1) is 17.3. The number of nitro groups is 1. The Bertz CT molecular complexity index is 743. The molecule has 2 aromatic rings. The van der Waals surface area contributed by atoms with E-state index in [0.29, 0.717) is 22.7 Å². The second kappa shape index (κ2) is 7.45. The number of nitrogens with one attached hydrogen (secondary N) is 1. The Labute approximate surface area is 139 Å². The Morgan fingerprint density at radius 2 is 1.71 bits per heavy atom. The summed E-state index contributed by atoms with van der Waals surface area (Å²) in [6.07, 6.45) is 0. The molecule has 7 nitrogen and oxygen atoms in total. The molecule has 24 heavy (non-hydrogen) atoms. The number of rotatable bonds is 6. The number of hydrogen-bond donors (Lipinski definition) is 1. The number of amides is 1. The third-order valence-corrected chi connectivity index (χ3v) is 3.65. The van der Waals surface area contributed by atoms with Gasteiger partial charge < -0.3 is 14.8 Å². The number of benzene rings is 2. The van der Waals surface area contributed by atoms with Gasteiger partial charge >= 0.3 is 0 Å². The van der Waals surface area contributed by atoms with Crippen LogP contribution in [0.4, 0.5) is 11.4 Å². The third kappa shape index (κ3) is 3.81. The first-order valence-electron chi connectivity index (χ1n) is 7.23. The molecule has 0 spiro atoms. The number of nitrogens with zero attached hydrogens (tertiary/aromatic N) is 1. The van der Waals surface area contributed by atoms with Crippen LogP contribution in [0.5, 0.6) is 11.5 Å². The Morgan fingerprint density at radius 3 is 2.25 bits per heavy atom. The molecule has 0 aliphatic heterocycles. The van der Waals surface area contributed by atoms with Crippen LogP contribution < -0.4 is 14.8 Å². The molecule has 0 heterocycles. The number of hydrogen-bond acceptors (Lipinski definition) is 5. The lowest BCUT2D eigenvalue weighted by atomic mass is 10.00. The molecular weight excluding hydrogens is 312 g/mol. The normalized spacial score (nSPS) is 11.5. The monoisotopic (exact) mass is 330 g/mol. The zero-order valence-corrected chi connectivity index (χ0v) is 13.6. The maximum Gasteiger partial charge on any atom is 0.269 e. The maximum absolute atomic E-state index is 12.4. The summed E-state index contributed by atoms with van der Waals surface area (Å²) in [5.41, 5.74) is 1.26. The fraction of sp³-hybridized carbons (Fsp3) is 0.235. The number of anilines is 1. The van der Waals surface area contributed by atoms with Crippen LogP contribution in [0.25, 0.3) is 0 Å². The highest BCUT2D eigenvalue weighted by Gasteiger charge is 2.17. The molecular formula is C17H18N2O5. The highest BCUT2D eigenvalue weighted by molar-refractivity contribution is 5.95. The lowest BCUT2D eigenvalue weighted by Gasteiger charge is -2.14. The van der Waals surface area contributed by atoms with Crippen LogP contribution in [-0.2, 0) is 4.79 Å². The molecule has 2 rings (SSSR count). The van der Waals surface area contributed by atoms with Crippen molar-refractivity contribution in [2.24, 2.45) is 0 Å². The molecule has 0 saturated heterocycles. The van der Waals surface area contributed by atoms with Crippen molar-refractivity contribution in [1.82, 2.24) is 0 Å². The summed E-state index contributed by atoms with van der Waals surface area (Å²) < 4.78 is 10.3. The van der Waals surface area contributed by atoms with Gasteiger partial charge in [0.25, 0.3) is 5.69 Å². The average Bonchev–Trinajstić information content (AvgIpc) is 2.60. The zero-order valence-electron chi connectivity index (χ0n) is 13.6. The third-order valence-electron chi connectivity index (χ3n) is 3.65. The predicted octanol–water partition coefficient (Wildman–Crippen LogP) is 3.35. The first-order chi connectivity index (χ1) is 11.5. The minimum Gasteiger partial charge on any atom is -0.493 e. The van der Waals surface area contributed by atoms with Gasteiger partial charge in [-0.25, -0.2) is 0 Å². The highest BCUT2D eigenvalue weighted by Crippen LogP contribution is 2.30. The molecule has 0 unspecified atom stereocenters. The fourth-order valence-corrected chi connectivity index (χ4v) is 2.20. The van der Waals surface area contributed by atoms with Crippen LogP contribution in [0.3, 0.4) is 0 Å². The predicted molar refractivity (Wildman–Crippen MR) is 89.7 cm³/mol. The van der Waals surface area contributed by atoms with Crippen molar-refractivity contribution in [2.75, 3.05) is 19.5 Å². The number of ether oxygens (including phenoxy) is 2. The fourth-order valence-electron chi connectivity index (χ4n) is 2.20. The van der Waals surface area contributed by atoms with Gasteiger partial charge in [-0.05, 0) is 24.6 Å². The summed E-state index contributed by atoms with van der Waals surface area (Å²) in [7, 11) is 3.05. The molecule has 126 valence electrons. The lowest BCUT2D eigenvalue weighted by Crippen LogP contribution is -2.18. The van der Waals surface area contributed by atoms with Crippen LogP contribution in [0.2, 0.25) is 0 Å². The van der Waals surface area contributed by atoms with Crippen molar-refractivity contribution in [2.45, 2.75) is 12.8 Å². The minimum atomic E-state index is -0.474. The average molecular weight is 330 g/mol. The van der Waals surface area contributed by atoms with E-state index in [1.54, 1.807) is 37.3 Å². The molecule has 0 aromatic heterocycles. The highest BCUT2D eigenvalue weighted by atomic mass is 16.6. The van der Waals surface area contributed by atoms with Gasteiger partial charge in [-0.15, -0.1) is 0 Å². The lowest BCUT2D eigenvalue weighted by molar-refractivity contribution is -0.384. The van der Waals surface area contributed by atoms with Crippen molar-refractivity contribution in [3.8, 4) is 11.5 Å². The van der Waals surface area contributed by atoms with Crippen LogP contribution >= 0.6 is 0 Å². The Morgan fingerprint density at radius 1 is 1.08 bits per heavy atom. The summed E-state index contributed by atoms with van der Waals surface area (Å²) in [5.74, 6) is 0.396. The summed E-state index contributed by atoms with van der Waals surface area (Å²) in [4.78, 5) is 22.6. The summed E-state index contributed by atoms with van der Waals surface area (Å²) in [5, 5.41) is 13.5. The second-order valence-electron chi connectivity index (χ2n) is 5.13. The molecule has 1 amide bonds. The first-order valence-corrected chi connectivity index (χ1v) is 7.23. The van der Waals surface area contributed by atoms with E-state index >= 15 is 0 Å². The minimum absolute atomic E-state index is 0.00810. The largest absolute Gasteiger partial charge is 0.493 e. The van der Waals surface area contributed by atoms with Crippen LogP contribution in [0, 0.1) is 10.1 Å². The molecule has 0 aliphatic rings. The van der Waals surface area contributed by atoms with E-state index in [0.717, 1.165) is 0 Å². The van der Waals surface area contributed by atoms with Crippen LogP contribution in [0.1, 0.15) is 18.4 Å². The van der Waals surface area contributed by atoms with E-state index in [2.05, 4.69) is 5.32 Å². The molecule has 1 atom stereocenters. The molecule has 7 heteroatoms. The number of carbonyl (C=O) groups is 1. The zero-order chi connectivity index (χ0) is 17.7. The molecule has 0 radical (unpaired) electrons. The summed E-state index contributed by atoms with van der Waals surface area (Å²) in [6.45, 7) is 1.73. The summed E-state index contributed by atoms with van der Waals surface area (Å²) in [6, 6.07) is 11.0. The van der Waals surface area contributed by atoms with Crippen LogP contribution in [0.15, 0.2) is 42.5 Å². The SMILES string of the molecule is COc1ccc(NC(=O)[C@@H](C)c2ccc([N+](=O)[O-])cc2)cc1OC. The maximum atomic E-state index is 12.4.